The molecule has 1 fully saturated rings. The van der Waals surface area contributed by atoms with Gasteiger partial charge in [-0.15, -0.1) is 0 Å². The first kappa shape index (κ1) is 25.6. The molecule has 4 rings (SSSR count). The van der Waals surface area contributed by atoms with Crippen LogP contribution in [0.25, 0.3) is 0 Å². The highest BCUT2D eigenvalue weighted by atomic mass is 16.5. The molecular weight excluding hydrogens is 448 g/mol. The first-order chi connectivity index (χ1) is 17.7. The zero-order valence-corrected chi connectivity index (χ0v) is 21.1. The van der Waals surface area contributed by atoms with E-state index in [9.17, 15) is 4.79 Å². The number of carbonyl (C=O) groups is 1. The summed E-state index contributed by atoms with van der Waals surface area (Å²) in [7, 11) is 0. The van der Waals surface area contributed by atoms with Crippen molar-refractivity contribution in [2.75, 3.05) is 32.8 Å². The largest absolute Gasteiger partial charge is 0.494 e. The molecule has 0 aliphatic carbocycles. The van der Waals surface area contributed by atoms with Crippen LogP contribution in [0.3, 0.4) is 0 Å². The summed E-state index contributed by atoms with van der Waals surface area (Å²) in [5.41, 5.74) is 6.70. The fourth-order valence-corrected chi connectivity index (χ4v) is 4.18. The standard InChI is InChI=1S/C30H36N4O2/c1-2-3-21-36-29-15-11-25(12-16-29)22-31-32-30(35)28-13-9-27(10-14-28)24-34-19-17-33(18-20-34)23-26-7-5-4-6-8-26/h4-16,22H,2-3,17-21,23-24H2,1H3,(H,32,35)/b31-22-. The zero-order valence-electron chi connectivity index (χ0n) is 21.1. The van der Waals surface area contributed by atoms with Crippen LogP contribution < -0.4 is 10.2 Å². The highest BCUT2D eigenvalue weighted by Crippen LogP contribution is 2.13. The number of hydrazone groups is 1. The Bertz CT molecular complexity index is 1090. The highest BCUT2D eigenvalue weighted by molar-refractivity contribution is 5.94. The molecule has 0 saturated carbocycles. The van der Waals surface area contributed by atoms with Gasteiger partial charge in [0.05, 0.1) is 12.8 Å². The summed E-state index contributed by atoms with van der Waals surface area (Å²) in [6.07, 6.45) is 3.79. The maximum atomic E-state index is 12.5. The van der Waals surface area contributed by atoms with E-state index in [0.29, 0.717) is 5.56 Å². The van der Waals surface area contributed by atoms with Crippen LogP contribution in [-0.2, 0) is 13.1 Å². The quantitative estimate of drug-likeness (QED) is 0.238. The summed E-state index contributed by atoms with van der Waals surface area (Å²) in [5.74, 6) is 0.630. The van der Waals surface area contributed by atoms with Crippen molar-refractivity contribution in [3.63, 3.8) is 0 Å². The molecule has 1 amide bonds. The molecule has 1 N–H and O–H groups in total. The van der Waals surface area contributed by atoms with Crippen molar-refractivity contribution in [3.05, 3.63) is 101 Å². The second-order valence-electron chi connectivity index (χ2n) is 9.20. The van der Waals surface area contributed by atoms with Crippen molar-refractivity contribution in [2.24, 2.45) is 5.10 Å². The number of amides is 1. The Morgan fingerprint density at radius 2 is 1.47 bits per heavy atom. The van der Waals surface area contributed by atoms with Crippen LogP contribution >= 0.6 is 0 Å². The van der Waals surface area contributed by atoms with Gasteiger partial charge in [-0.05, 0) is 59.5 Å². The first-order valence-corrected chi connectivity index (χ1v) is 12.8. The van der Waals surface area contributed by atoms with E-state index in [2.05, 4.69) is 57.6 Å². The van der Waals surface area contributed by atoms with E-state index in [-0.39, 0.29) is 5.91 Å². The minimum absolute atomic E-state index is 0.216. The molecule has 6 nitrogen and oxygen atoms in total. The predicted octanol–water partition coefficient (Wildman–Crippen LogP) is 4.95. The van der Waals surface area contributed by atoms with E-state index in [1.807, 2.05) is 48.5 Å². The number of hydrogen-bond acceptors (Lipinski definition) is 5. The van der Waals surface area contributed by atoms with Gasteiger partial charge in [0.1, 0.15) is 5.75 Å². The van der Waals surface area contributed by atoms with Crippen molar-refractivity contribution in [1.29, 1.82) is 0 Å². The van der Waals surface area contributed by atoms with Gasteiger partial charge in [0.2, 0.25) is 0 Å². The van der Waals surface area contributed by atoms with Gasteiger partial charge in [-0.1, -0.05) is 55.8 Å². The van der Waals surface area contributed by atoms with Gasteiger partial charge in [-0.3, -0.25) is 14.6 Å². The lowest BCUT2D eigenvalue weighted by Gasteiger charge is -2.34. The third-order valence-corrected chi connectivity index (χ3v) is 6.36. The molecule has 3 aromatic rings. The summed E-state index contributed by atoms with van der Waals surface area (Å²) in [4.78, 5) is 17.4. The van der Waals surface area contributed by atoms with E-state index in [1.54, 1.807) is 6.21 Å². The molecule has 1 aliphatic heterocycles. The minimum Gasteiger partial charge on any atom is -0.494 e. The number of nitrogens with one attached hydrogen (secondary N) is 1. The Kier molecular flexibility index (Phi) is 9.65. The summed E-state index contributed by atoms with van der Waals surface area (Å²) in [6.45, 7) is 9.03. The number of carbonyl (C=O) groups excluding carboxylic acids is 1. The molecule has 0 bridgehead atoms. The second kappa shape index (κ2) is 13.6. The van der Waals surface area contributed by atoms with Gasteiger partial charge in [-0.2, -0.15) is 5.10 Å². The molecular formula is C30H36N4O2. The maximum absolute atomic E-state index is 12.5. The summed E-state index contributed by atoms with van der Waals surface area (Å²) in [5, 5.41) is 4.10. The molecule has 1 saturated heterocycles. The van der Waals surface area contributed by atoms with Gasteiger partial charge < -0.3 is 4.74 Å². The highest BCUT2D eigenvalue weighted by Gasteiger charge is 2.17. The Labute approximate surface area is 214 Å². The van der Waals surface area contributed by atoms with Crippen LogP contribution in [0.1, 0.15) is 46.8 Å². The fraction of sp³-hybridized carbons (Fsp3) is 0.333. The average Bonchev–Trinajstić information content (AvgIpc) is 2.92. The molecule has 6 heteroatoms. The monoisotopic (exact) mass is 484 g/mol. The molecule has 3 aromatic carbocycles. The number of hydrogen-bond donors (Lipinski definition) is 1. The van der Waals surface area contributed by atoms with Crippen LogP contribution in [0.5, 0.6) is 5.75 Å². The van der Waals surface area contributed by atoms with E-state index in [0.717, 1.165) is 70.0 Å². The summed E-state index contributed by atoms with van der Waals surface area (Å²) in [6, 6.07) is 26.1. The molecule has 1 heterocycles. The van der Waals surface area contributed by atoms with Gasteiger partial charge in [0.25, 0.3) is 5.91 Å². The number of unbranched alkanes of at least 4 members (excludes halogenated alkanes) is 1. The third kappa shape index (κ3) is 8.04. The predicted molar refractivity (Wildman–Crippen MR) is 145 cm³/mol. The van der Waals surface area contributed by atoms with Crippen molar-refractivity contribution < 1.29 is 9.53 Å². The third-order valence-electron chi connectivity index (χ3n) is 6.36. The normalized spacial score (nSPS) is 14.7. The number of nitrogens with zero attached hydrogens (tertiary/aromatic N) is 3. The molecule has 0 aromatic heterocycles. The van der Waals surface area contributed by atoms with Gasteiger partial charge in [-0.25, -0.2) is 5.43 Å². The zero-order chi connectivity index (χ0) is 25.0. The van der Waals surface area contributed by atoms with E-state index >= 15 is 0 Å². The molecule has 1 aliphatic rings. The van der Waals surface area contributed by atoms with Crippen LogP contribution in [0.2, 0.25) is 0 Å². The summed E-state index contributed by atoms with van der Waals surface area (Å²) >= 11 is 0. The Morgan fingerprint density at radius 3 is 2.08 bits per heavy atom. The Balaban J connectivity index is 1.19. The second-order valence-corrected chi connectivity index (χ2v) is 9.20. The summed E-state index contributed by atoms with van der Waals surface area (Å²) < 4.78 is 5.67. The smallest absolute Gasteiger partial charge is 0.271 e. The fourth-order valence-electron chi connectivity index (χ4n) is 4.18. The van der Waals surface area contributed by atoms with Crippen LogP contribution in [0, 0.1) is 0 Å². The number of ether oxygens (including phenoxy) is 1. The lowest BCUT2D eigenvalue weighted by atomic mass is 10.1. The van der Waals surface area contributed by atoms with Crippen molar-refractivity contribution in [1.82, 2.24) is 15.2 Å². The molecule has 0 radical (unpaired) electrons. The van der Waals surface area contributed by atoms with E-state index in [4.69, 9.17) is 4.74 Å². The molecule has 188 valence electrons. The van der Waals surface area contributed by atoms with Crippen molar-refractivity contribution >= 4 is 12.1 Å². The molecule has 0 unspecified atom stereocenters. The van der Waals surface area contributed by atoms with Crippen LogP contribution in [0.4, 0.5) is 0 Å². The molecule has 0 atom stereocenters. The Hall–Kier alpha value is -3.48. The van der Waals surface area contributed by atoms with Crippen LogP contribution in [0.15, 0.2) is 84.0 Å². The number of piperazine rings is 1. The lowest BCUT2D eigenvalue weighted by Crippen LogP contribution is -2.45. The van der Waals surface area contributed by atoms with Gasteiger partial charge >= 0.3 is 0 Å². The number of rotatable bonds is 11. The van der Waals surface area contributed by atoms with Gasteiger partial charge in [0.15, 0.2) is 0 Å². The maximum Gasteiger partial charge on any atom is 0.271 e. The molecule has 36 heavy (non-hydrogen) atoms. The molecule has 0 spiro atoms. The van der Waals surface area contributed by atoms with Crippen molar-refractivity contribution in [3.8, 4) is 5.75 Å². The SMILES string of the molecule is CCCCOc1ccc(/C=N\NC(=O)c2ccc(CN3CCN(Cc4ccccc4)CC3)cc2)cc1. The van der Waals surface area contributed by atoms with Crippen molar-refractivity contribution in [2.45, 2.75) is 32.9 Å². The topological polar surface area (TPSA) is 57.2 Å². The lowest BCUT2D eigenvalue weighted by molar-refractivity contribution is 0.0955. The van der Waals surface area contributed by atoms with Crippen LogP contribution in [-0.4, -0.2) is 54.7 Å². The van der Waals surface area contributed by atoms with E-state index in [1.165, 1.54) is 11.1 Å². The van der Waals surface area contributed by atoms with E-state index < -0.39 is 0 Å². The minimum atomic E-state index is -0.216. The first-order valence-electron chi connectivity index (χ1n) is 12.8. The van der Waals surface area contributed by atoms with Gasteiger partial charge in [0, 0.05) is 44.8 Å². The number of benzene rings is 3. The Morgan fingerprint density at radius 1 is 0.861 bits per heavy atom. The average molecular weight is 485 g/mol.